The van der Waals surface area contributed by atoms with Crippen molar-refractivity contribution < 1.29 is 17.9 Å². The molecular formula is C17H19NO4S2. The van der Waals surface area contributed by atoms with Gasteiger partial charge >= 0.3 is 5.97 Å². The van der Waals surface area contributed by atoms with Crippen molar-refractivity contribution in [2.75, 3.05) is 7.11 Å². The number of allylic oxidation sites excluding steroid dienone is 1. The molecule has 128 valence electrons. The van der Waals surface area contributed by atoms with Crippen molar-refractivity contribution in [2.45, 2.75) is 24.8 Å². The highest BCUT2D eigenvalue weighted by Crippen LogP contribution is 2.28. The summed E-state index contributed by atoms with van der Waals surface area (Å²) >= 11 is 1.37. The Labute approximate surface area is 146 Å². The lowest BCUT2D eigenvalue weighted by Gasteiger charge is -2.19. The van der Waals surface area contributed by atoms with Crippen molar-refractivity contribution in [1.82, 2.24) is 4.72 Å². The predicted octanol–water partition coefficient (Wildman–Crippen LogP) is 3.20. The Kier molecular flexibility index (Phi) is 5.93. The molecule has 0 radical (unpaired) electrons. The number of ether oxygens (including phenoxy) is 1. The van der Waals surface area contributed by atoms with Crippen LogP contribution in [0.1, 0.15) is 23.4 Å². The lowest BCUT2D eigenvalue weighted by atomic mass is 10.1. The highest BCUT2D eigenvalue weighted by Gasteiger charge is 2.29. The van der Waals surface area contributed by atoms with Crippen molar-refractivity contribution in [3.05, 3.63) is 63.9 Å². The average Bonchev–Trinajstić information content (AvgIpc) is 3.09. The van der Waals surface area contributed by atoms with E-state index in [0.29, 0.717) is 4.88 Å². The number of methoxy groups -OCH3 is 1. The number of esters is 1. The van der Waals surface area contributed by atoms with Gasteiger partial charge in [-0.3, -0.25) is 0 Å². The molecular weight excluding hydrogens is 346 g/mol. The first-order chi connectivity index (χ1) is 11.4. The van der Waals surface area contributed by atoms with E-state index in [4.69, 9.17) is 4.74 Å². The van der Waals surface area contributed by atoms with Crippen LogP contribution in [0, 0.1) is 6.92 Å². The second kappa shape index (κ2) is 7.74. The molecule has 0 saturated carbocycles. The van der Waals surface area contributed by atoms with Gasteiger partial charge in [-0.25, -0.2) is 13.2 Å². The van der Waals surface area contributed by atoms with E-state index in [1.54, 1.807) is 37.3 Å². The summed E-state index contributed by atoms with van der Waals surface area (Å²) in [5.74, 6) is -0.567. The van der Waals surface area contributed by atoms with Crippen LogP contribution in [0.3, 0.4) is 0 Å². The number of hydrogen-bond donors (Lipinski definition) is 1. The average molecular weight is 365 g/mol. The van der Waals surface area contributed by atoms with Crippen LogP contribution in [-0.4, -0.2) is 21.5 Å². The molecule has 2 aromatic rings. The lowest BCUT2D eigenvalue weighted by molar-refractivity contribution is -0.136. The largest absolute Gasteiger partial charge is 0.466 e. The van der Waals surface area contributed by atoms with Gasteiger partial charge in [0.25, 0.3) is 0 Å². The molecule has 5 nitrogen and oxygen atoms in total. The molecule has 1 aromatic heterocycles. The lowest BCUT2D eigenvalue weighted by Crippen LogP contribution is -2.32. The fourth-order valence-corrected chi connectivity index (χ4v) is 4.25. The van der Waals surface area contributed by atoms with Gasteiger partial charge in [0.15, 0.2) is 0 Å². The Morgan fingerprint density at radius 3 is 2.42 bits per heavy atom. The van der Waals surface area contributed by atoms with E-state index in [-0.39, 0.29) is 10.5 Å². The molecule has 0 aliphatic heterocycles. The third-order valence-corrected chi connectivity index (χ3v) is 5.85. The predicted molar refractivity (Wildman–Crippen MR) is 94.3 cm³/mol. The first-order valence-corrected chi connectivity index (χ1v) is 9.62. The summed E-state index contributed by atoms with van der Waals surface area (Å²) in [4.78, 5) is 12.9. The normalized spacial score (nSPS) is 13.5. The molecule has 0 spiro atoms. The van der Waals surface area contributed by atoms with Crippen molar-refractivity contribution >= 4 is 27.3 Å². The van der Waals surface area contributed by atoms with Crippen molar-refractivity contribution in [1.29, 1.82) is 0 Å². The summed E-state index contributed by atoms with van der Waals surface area (Å²) in [6.45, 7) is 3.56. The Morgan fingerprint density at radius 1 is 1.25 bits per heavy atom. The highest BCUT2D eigenvalue weighted by molar-refractivity contribution is 7.89. The third-order valence-electron chi connectivity index (χ3n) is 3.48. The van der Waals surface area contributed by atoms with Crippen LogP contribution in [0.15, 0.2) is 58.3 Å². The van der Waals surface area contributed by atoms with Crippen molar-refractivity contribution in [3.8, 4) is 0 Å². The first-order valence-electron chi connectivity index (χ1n) is 7.26. The molecule has 1 aromatic carbocycles. The van der Waals surface area contributed by atoms with Gasteiger partial charge in [-0.15, -0.1) is 11.3 Å². The molecule has 1 atom stereocenters. The van der Waals surface area contributed by atoms with Gasteiger partial charge in [0.1, 0.15) is 0 Å². The summed E-state index contributed by atoms with van der Waals surface area (Å²) in [5, 5.41) is 1.83. The van der Waals surface area contributed by atoms with Crippen LogP contribution in [0.25, 0.3) is 0 Å². The van der Waals surface area contributed by atoms with E-state index in [9.17, 15) is 13.2 Å². The van der Waals surface area contributed by atoms with Crippen LogP contribution >= 0.6 is 11.3 Å². The molecule has 0 aliphatic rings. The standard InChI is InChI=1S/C17H19NO4S2/c1-4-14(17(19)22-3)16(15-6-5-11-23-15)18-24(20,21)13-9-7-12(2)8-10-13/h4-11,16,18H,1-3H3. The van der Waals surface area contributed by atoms with Crippen molar-refractivity contribution in [2.24, 2.45) is 0 Å². The van der Waals surface area contributed by atoms with E-state index in [1.165, 1.54) is 30.6 Å². The zero-order valence-electron chi connectivity index (χ0n) is 13.6. The second-order valence-electron chi connectivity index (χ2n) is 5.12. The number of carbonyl (C=O) groups is 1. The number of aryl methyl sites for hydroxylation is 1. The van der Waals surface area contributed by atoms with Gasteiger partial charge in [-0.1, -0.05) is 29.8 Å². The van der Waals surface area contributed by atoms with E-state index in [2.05, 4.69) is 4.72 Å². The minimum absolute atomic E-state index is 0.148. The monoisotopic (exact) mass is 365 g/mol. The molecule has 0 fully saturated rings. The summed E-state index contributed by atoms with van der Waals surface area (Å²) in [5.41, 5.74) is 1.21. The number of rotatable bonds is 6. The van der Waals surface area contributed by atoms with Crippen molar-refractivity contribution in [3.63, 3.8) is 0 Å². The smallest absolute Gasteiger partial charge is 0.335 e. The first kappa shape index (κ1) is 18.4. The number of nitrogens with one attached hydrogen (secondary N) is 1. The number of benzene rings is 1. The second-order valence-corrected chi connectivity index (χ2v) is 7.81. The van der Waals surface area contributed by atoms with E-state index >= 15 is 0 Å². The van der Waals surface area contributed by atoms with Crippen LogP contribution in [0.5, 0.6) is 0 Å². The third kappa shape index (κ3) is 4.11. The maximum atomic E-state index is 12.7. The Hall–Kier alpha value is -1.96. The molecule has 7 heteroatoms. The molecule has 2 rings (SSSR count). The maximum Gasteiger partial charge on any atom is 0.335 e. The molecule has 0 amide bonds. The summed E-state index contributed by atoms with van der Waals surface area (Å²) < 4.78 is 32.8. The molecule has 24 heavy (non-hydrogen) atoms. The minimum atomic E-state index is -3.79. The summed E-state index contributed by atoms with van der Waals surface area (Å²) in [6.07, 6.45) is 1.56. The molecule has 0 saturated heterocycles. The Balaban J connectivity index is 2.42. The topological polar surface area (TPSA) is 72.5 Å². The van der Waals surface area contributed by atoms with Gasteiger partial charge in [0.05, 0.1) is 23.6 Å². The van der Waals surface area contributed by atoms with E-state index in [0.717, 1.165) is 5.56 Å². The van der Waals surface area contributed by atoms with Crippen LogP contribution in [0.2, 0.25) is 0 Å². The number of sulfonamides is 1. The van der Waals surface area contributed by atoms with Crippen LogP contribution < -0.4 is 4.72 Å². The summed E-state index contributed by atoms with van der Waals surface area (Å²) in [6, 6.07) is 9.32. The van der Waals surface area contributed by atoms with Gasteiger partial charge in [-0.2, -0.15) is 4.72 Å². The molecule has 0 bridgehead atoms. The van der Waals surface area contributed by atoms with Gasteiger partial charge in [-0.05, 0) is 37.4 Å². The quantitative estimate of drug-likeness (QED) is 0.630. The van der Waals surface area contributed by atoms with E-state index < -0.39 is 22.0 Å². The molecule has 1 heterocycles. The molecule has 1 unspecified atom stereocenters. The van der Waals surface area contributed by atoms with Gasteiger partial charge in [0.2, 0.25) is 10.0 Å². The molecule has 0 aliphatic carbocycles. The molecule has 1 N–H and O–H groups in total. The van der Waals surface area contributed by atoms with E-state index in [1.807, 2.05) is 12.3 Å². The maximum absolute atomic E-state index is 12.7. The fraction of sp³-hybridized carbons (Fsp3) is 0.235. The number of carbonyl (C=O) groups excluding carboxylic acids is 1. The van der Waals surface area contributed by atoms with Crippen LogP contribution in [-0.2, 0) is 19.6 Å². The Morgan fingerprint density at radius 2 is 1.92 bits per heavy atom. The Bertz CT molecular complexity index is 822. The van der Waals surface area contributed by atoms with Gasteiger partial charge in [0, 0.05) is 4.88 Å². The number of thiophene rings is 1. The minimum Gasteiger partial charge on any atom is -0.466 e. The SMILES string of the molecule is CC=C(C(=O)OC)C(NS(=O)(=O)c1ccc(C)cc1)c1cccs1. The zero-order chi connectivity index (χ0) is 17.7. The fourth-order valence-electron chi connectivity index (χ4n) is 2.19. The zero-order valence-corrected chi connectivity index (χ0v) is 15.3. The number of hydrogen-bond acceptors (Lipinski definition) is 5. The summed E-state index contributed by atoms with van der Waals surface area (Å²) in [7, 11) is -2.52. The van der Waals surface area contributed by atoms with Gasteiger partial charge < -0.3 is 4.74 Å². The highest BCUT2D eigenvalue weighted by atomic mass is 32.2. The van der Waals surface area contributed by atoms with Crippen LogP contribution in [0.4, 0.5) is 0 Å².